The van der Waals surface area contributed by atoms with Gasteiger partial charge in [-0.3, -0.25) is 0 Å². The topological polar surface area (TPSA) is 0 Å². The van der Waals surface area contributed by atoms with E-state index in [0.29, 0.717) is 0 Å². The van der Waals surface area contributed by atoms with E-state index in [-0.39, 0.29) is 0 Å². The Hall–Kier alpha value is 0. The Bertz CT molecular complexity index is 282. The molecule has 0 aromatic carbocycles. The fraction of sp³-hybridized carbons (Fsp3) is 0.967. The summed E-state index contributed by atoms with van der Waals surface area (Å²) in [6, 6.07) is 0. The quantitative estimate of drug-likeness (QED) is 0.122. The average Bonchev–Trinajstić information content (AvgIpc) is 2.76. The van der Waals surface area contributed by atoms with Crippen LogP contribution in [-0.2, 0) is 0 Å². The van der Waals surface area contributed by atoms with E-state index in [1.165, 1.54) is 161 Å². The molecule has 1 radical (unpaired) electrons. The predicted octanol–water partition coefficient (Wildman–Crippen LogP) is 11.6. The first-order chi connectivity index (χ1) is 14.8. The van der Waals surface area contributed by atoms with Crippen molar-refractivity contribution >= 4 is 0 Å². The summed E-state index contributed by atoms with van der Waals surface area (Å²) in [5.74, 6) is 0.951. The van der Waals surface area contributed by atoms with Crippen molar-refractivity contribution in [1.29, 1.82) is 0 Å². The second-order valence-corrected chi connectivity index (χ2v) is 10.1. The van der Waals surface area contributed by atoms with Gasteiger partial charge in [0.15, 0.2) is 0 Å². The van der Waals surface area contributed by atoms with E-state index in [9.17, 15) is 0 Å². The third-order valence-corrected chi connectivity index (χ3v) is 7.16. The molecule has 0 rings (SSSR count). The molecule has 0 spiro atoms. The van der Waals surface area contributed by atoms with Crippen molar-refractivity contribution in [2.75, 3.05) is 0 Å². The van der Waals surface area contributed by atoms with E-state index in [0.717, 1.165) is 12.3 Å². The first-order valence-electron chi connectivity index (χ1n) is 14.6. The maximum absolute atomic E-state index is 4.01. The largest absolute Gasteiger partial charge is 0.0654 e. The van der Waals surface area contributed by atoms with Gasteiger partial charge in [0, 0.05) is 0 Å². The van der Waals surface area contributed by atoms with Crippen LogP contribution in [0, 0.1) is 12.8 Å². The van der Waals surface area contributed by atoms with Crippen molar-refractivity contribution in [2.24, 2.45) is 5.92 Å². The molecule has 0 aromatic heterocycles. The SMILES string of the molecule is [CH2]CCC(CC)CCCCCCCCCCCCCCCCCCCCCCCC. The minimum atomic E-state index is 0.951. The third-order valence-electron chi connectivity index (χ3n) is 7.16. The molecule has 0 heteroatoms. The summed E-state index contributed by atoms with van der Waals surface area (Å²) in [5, 5.41) is 0. The van der Waals surface area contributed by atoms with Gasteiger partial charge in [0.05, 0.1) is 0 Å². The van der Waals surface area contributed by atoms with Gasteiger partial charge in [-0.15, -0.1) is 0 Å². The third kappa shape index (κ3) is 24.3. The molecule has 0 aromatic rings. The van der Waals surface area contributed by atoms with Crippen molar-refractivity contribution in [3.63, 3.8) is 0 Å². The van der Waals surface area contributed by atoms with Crippen LogP contribution in [0.25, 0.3) is 0 Å². The first kappa shape index (κ1) is 30.0. The number of hydrogen-bond donors (Lipinski definition) is 0. The molecule has 0 nitrogen and oxygen atoms in total. The lowest BCUT2D eigenvalue weighted by Crippen LogP contribution is -1.98. The molecule has 1 unspecified atom stereocenters. The minimum absolute atomic E-state index is 0.951. The van der Waals surface area contributed by atoms with Crippen LogP contribution in [0.5, 0.6) is 0 Å². The van der Waals surface area contributed by atoms with Crippen LogP contribution in [0.3, 0.4) is 0 Å². The highest BCUT2D eigenvalue weighted by Gasteiger charge is 2.04. The summed E-state index contributed by atoms with van der Waals surface area (Å²) in [6.07, 6.45) is 37.7. The summed E-state index contributed by atoms with van der Waals surface area (Å²) in [5.41, 5.74) is 0. The first-order valence-corrected chi connectivity index (χ1v) is 14.6. The van der Waals surface area contributed by atoms with Crippen molar-refractivity contribution in [2.45, 2.75) is 181 Å². The molecular formula is C30H61. The molecule has 0 heterocycles. The zero-order chi connectivity index (χ0) is 22.0. The van der Waals surface area contributed by atoms with Gasteiger partial charge >= 0.3 is 0 Å². The standard InChI is InChI=1S/C30H61/c1-4-7-8-9-10-11-12-13-14-15-16-17-18-19-20-21-22-23-24-25-26-27-29-30(6-3)28-5-2/h30H,2,4-29H2,1,3H3. The second kappa shape index (κ2) is 27.0. The second-order valence-electron chi connectivity index (χ2n) is 10.1. The van der Waals surface area contributed by atoms with Gasteiger partial charge in [-0.25, -0.2) is 0 Å². The summed E-state index contributed by atoms with van der Waals surface area (Å²) in [4.78, 5) is 0. The van der Waals surface area contributed by atoms with Gasteiger partial charge in [0.25, 0.3) is 0 Å². The molecular weight excluding hydrogens is 360 g/mol. The van der Waals surface area contributed by atoms with Crippen LogP contribution < -0.4 is 0 Å². The highest BCUT2D eigenvalue weighted by molar-refractivity contribution is 4.59. The Morgan fingerprint density at radius 1 is 0.400 bits per heavy atom. The number of unbranched alkanes of at least 4 members (excludes halogenated alkanes) is 21. The maximum Gasteiger partial charge on any atom is -0.0417 e. The van der Waals surface area contributed by atoms with E-state index in [2.05, 4.69) is 20.8 Å². The zero-order valence-corrected chi connectivity index (χ0v) is 21.7. The maximum atomic E-state index is 4.01. The number of hydrogen-bond acceptors (Lipinski definition) is 0. The van der Waals surface area contributed by atoms with Gasteiger partial charge in [0.1, 0.15) is 0 Å². The van der Waals surface area contributed by atoms with E-state index < -0.39 is 0 Å². The van der Waals surface area contributed by atoms with Gasteiger partial charge in [-0.1, -0.05) is 188 Å². The summed E-state index contributed by atoms with van der Waals surface area (Å²) >= 11 is 0. The fourth-order valence-electron chi connectivity index (χ4n) is 4.88. The molecule has 0 fully saturated rings. The van der Waals surface area contributed by atoms with Crippen molar-refractivity contribution in [3.8, 4) is 0 Å². The Morgan fingerprint density at radius 3 is 0.967 bits per heavy atom. The molecule has 30 heavy (non-hydrogen) atoms. The lowest BCUT2D eigenvalue weighted by Gasteiger charge is -2.12. The van der Waals surface area contributed by atoms with Gasteiger partial charge < -0.3 is 0 Å². The monoisotopic (exact) mass is 421 g/mol. The lowest BCUT2D eigenvalue weighted by molar-refractivity contribution is 0.413. The Morgan fingerprint density at radius 2 is 0.700 bits per heavy atom. The summed E-state index contributed by atoms with van der Waals surface area (Å²) in [6.45, 7) is 8.66. The summed E-state index contributed by atoms with van der Waals surface area (Å²) in [7, 11) is 0. The van der Waals surface area contributed by atoms with Gasteiger partial charge in [0.2, 0.25) is 0 Å². The summed E-state index contributed by atoms with van der Waals surface area (Å²) < 4.78 is 0. The van der Waals surface area contributed by atoms with Crippen LogP contribution in [0.15, 0.2) is 0 Å². The molecule has 0 N–H and O–H groups in total. The fourth-order valence-corrected chi connectivity index (χ4v) is 4.88. The van der Waals surface area contributed by atoms with Crippen LogP contribution >= 0.6 is 0 Å². The van der Waals surface area contributed by atoms with E-state index >= 15 is 0 Å². The van der Waals surface area contributed by atoms with E-state index in [1.807, 2.05) is 0 Å². The van der Waals surface area contributed by atoms with Crippen LogP contribution in [-0.4, -0.2) is 0 Å². The Balaban J connectivity index is 3.06. The molecule has 0 bridgehead atoms. The molecule has 0 aliphatic rings. The smallest absolute Gasteiger partial charge is 0.0417 e. The zero-order valence-electron chi connectivity index (χ0n) is 21.7. The van der Waals surface area contributed by atoms with Crippen molar-refractivity contribution in [1.82, 2.24) is 0 Å². The molecule has 0 amide bonds. The van der Waals surface area contributed by atoms with Crippen LogP contribution in [0.4, 0.5) is 0 Å². The van der Waals surface area contributed by atoms with E-state index in [1.54, 1.807) is 0 Å². The van der Waals surface area contributed by atoms with Crippen molar-refractivity contribution < 1.29 is 0 Å². The number of rotatable bonds is 26. The van der Waals surface area contributed by atoms with Crippen LogP contribution in [0.1, 0.15) is 181 Å². The van der Waals surface area contributed by atoms with Gasteiger partial charge in [-0.05, 0) is 5.92 Å². The minimum Gasteiger partial charge on any atom is -0.0654 e. The highest BCUT2D eigenvalue weighted by Crippen LogP contribution is 2.20. The normalized spacial score (nSPS) is 12.5. The Kier molecular flexibility index (Phi) is 27.0. The van der Waals surface area contributed by atoms with Crippen molar-refractivity contribution in [3.05, 3.63) is 6.92 Å². The molecule has 0 aliphatic carbocycles. The predicted molar refractivity (Wildman–Crippen MR) is 140 cm³/mol. The van der Waals surface area contributed by atoms with Gasteiger partial charge in [-0.2, -0.15) is 0 Å². The highest BCUT2D eigenvalue weighted by atomic mass is 14.1. The molecule has 181 valence electrons. The van der Waals surface area contributed by atoms with E-state index in [4.69, 9.17) is 0 Å². The lowest BCUT2D eigenvalue weighted by atomic mass is 9.94. The molecule has 0 aliphatic heterocycles. The average molecular weight is 422 g/mol. The Labute approximate surface area is 193 Å². The molecule has 0 saturated carbocycles. The molecule has 1 atom stereocenters. The van der Waals surface area contributed by atoms with Crippen LogP contribution in [0.2, 0.25) is 0 Å². The molecule has 0 saturated heterocycles.